The topological polar surface area (TPSA) is 257 Å². The Morgan fingerprint density at radius 2 is 0.766 bits per heavy atom. The van der Waals surface area contributed by atoms with Gasteiger partial charge in [-0.25, -0.2) is 9.59 Å². The highest BCUT2D eigenvalue weighted by Gasteiger charge is 2.29. The van der Waals surface area contributed by atoms with Gasteiger partial charge in [-0.15, -0.1) is 0 Å². The number of carboxylic acid groups (broad SMARTS) is 3. The van der Waals surface area contributed by atoms with Crippen LogP contribution in [0.5, 0.6) is 0 Å². The summed E-state index contributed by atoms with van der Waals surface area (Å²) >= 11 is 0. The van der Waals surface area contributed by atoms with Crippen molar-refractivity contribution >= 4 is 29.7 Å². The molecule has 0 radical (unpaired) electrons. The third-order valence-electron chi connectivity index (χ3n) is 5.93. The number of rotatable bonds is 11. The van der Waals surface area contributed by atoms with Gasteiger partial charge in [-0.05, 0) is 16.7 Å². The quantitative estimate of drug-likeness (QED) is 0.143. The fraction of sp³-hybridized carbons (Fsp3) is 0.303. The first-order valence-electron chi connectivity index (χ1n) is 14.3. The Hall–Kier alpha value is -5.15. The van der Waals surface area contributed by atoms with Crippen molar-refractivity contribution in [2.75, 3.05) is 0 Å². The standard InChI is InChI=1S/2C11H13NO4.C9H11NO3.C2H6/c2*1-7(13)12-9(11(15)16)10(14)8-5-3-2-4-6-8;10-7(9(12)13)8(11)6-4-2-1-3-5-6;1-2/h2*2-6,9-10,14H,1H3,(H,12,13)(H,15,16);1-5,7-8,11H,10H2,(H,12,13);1-2H3/t9-,10+;;7-,8+;/m0.1./s1. The third-order valence-corrected chi connectivity index (χ3v) is 5.93. The molecule has 3 aromatic carbocycles. The fourth-order valence-corrected chi connectivity index (χ4v) is 3.67. The number of carboxylic acids is 3. The maximum Gasteiger partial charge on any atom is 0.329 e. The van der Waals surface area contributed by atoms with Crippen molar-refractivity contribution in [3.8, 4) is 0 Å². The lowest BCUT2D eigenvalue weighted by Gasteiger charge is -2.19. The molecule has 3 aromatic rings. The molecule has 256 valence electrons. The Morgan fingerprint density at radius 3 is 0.979 bits per heavy atom. The molecule has 0 saturated carbocycles. The molecule has 0 spiro atoms. The molecule has 2 unspecified atom stereocenters. The molecule has 0 aliphatic heterocycles. The lowest BCUT2D eigenvalue weighted by atomic mass is 10.0. The number of benzene rings is 3. The van der Waals surface area contributed by atoms with Crippen LogP contribution in [0.25, 0.3) is 0 Å². The Bertz CT molecular complexity index is 1300. The summed E-state index contributed by atoms with van der Waals surface area (Å²) in [6, 6.07) is 21.2. The minimum Gasteiger partial charge on any atom is -0.480 e. The maximum absolute atomic E-state index is 10.9. The van der Waals surface area contributed by atoms with Crippen LogP contribution in [-0.4, -0.2) is 78.5 Å². The van der Waals surface area contributed by atoms with E-state index in [4.69, 9.17) is 21.1 Å². The first kappa shape index (κ1) is 41.9. The second-order valence-corrected chi connectivity index (χ2v) is 9.46. The Labute approximate surface area is 272 Å². The van der Waals surface area contributed by atoms with Crippen molar-refractivity contribution < 1.29 is 54.6 Å². The summed E-state index contributed by atoms with van der Waals surface area (Å²) in [6.07, 6.45) is -3.68. The predicted molar refractivity (Wildman–Crippen MR) is 172 cm³/mol. The van der Waals surface area contributed by atoms with Crippen molar-refractivity contribution in [2.24, 2.45) is 5.73 Å². The Morgan fingerprint density at radius 1 is 0.511 bits per heavy atom. The summed E-state index contributed by atoms with van der Waals surface area (Å²) in [5.41, 5.74) is 6.65. The van der Waals surface area contributed by atoms with Gasteiger partial charge in [0, 0.05) is 13.8 Å². The zero-order chi connectivity index (χ0) is 36.1. The van der Waals surface area contributed by atoms with Crippen LogP contribution >= 0.6 is 0 Å². The summed E-state index contributed by atoms with van der Waals surface area (Å²) < 4.78 is 0. The smallest absolute Gasteiger partial charge is 0.329 e. The molecule has 47 heavy (non-hydrogen) atoms. The van der Waals surface area contributed by atoms with E-state index in [2.05, 4.69) is 10.6 Å². The van der Waals surface area contributed by atoms with E-state index in [1.54, 1.807) is 91.0 Å². The predicted octanol–water partition coefficient (Wildman–Crippen LogP) is 1.78. The summed E-state index contributed by atoms with van der Waals surface area (Å²) in [5, 5.41) is 59.7. The summed E-state index contributed by atoms with van der Waals surface area (Å²) in [4.78, 5) is 53.8. The molecule has 0 aliphatic rings. The van der Waals surface area contributed by atoms with Crippen LogP contribution in [0.15, 0.2) is 91.0 Å². The molecule has 2 amide bonds. The molecule has 10 N–H and O–H groups in total. The van der Waals surface area contributed by atoms with E-state index in [1.807, 2.05) is 13.8 Å². The second kappa shape index (κ2) is 22.4. The van der Waals surface area contributed by atoms with Gasteiger partial charge >= 0.3 is 17.9 Å². The zero-order valence-electron chi connectivity index (χ0n) is 26.4. The lowest BCUT2D eigenvalue weighted by Crippen LogP contribution is -2.44. The van der Waals surface area contributed by atoms with Crippen molar-refractivity contribution in [3.63, 3.8) is 0 Å². The normalized spacial score (nSPS) is 13.7. The van der Waals surface area contributed by atoms with Gasteiger partial charge in [-0.3, -0.25) is 14.4 Å². The SMILES string of the molecule is CC.CC(=O)NC(C(=O)O)C(O)c1ccccc1.CC(=O)N[C@H](C(=O)O)[C@H](O)c1ccccc1.N[C@@H](C(=O)O)[C@@H](O)c1ccccc1. The molecule has 14 nitrogen and oxygen atoms in total. The minimum atomic E-state index is -1.33. The highest BCUT2D eigenvalue weighted by atomic mass is 16.4. The van der Waals surface area contributed by atoms with Crippen molar-refractivity contribution in [3.05, 3.63) is 108 Å². The summed E-state index contributed by atoms with van der Waals surface area (Å²) in [7, 11) is 0. The van der Waals surface area contributed by atoms with Gasteiger partial charge in [0.2, 0.25) is 11.8 Å². The number of amides is 2. The average Bonchev–Trinajstić information content (AvgIpc) is 3.07. The Balaban J connectivity index is 0.000000661. The van der Waals surface area contributed by atoms with Gasteiger partial charge < -0.3 is 47.0 Å². The van der Waals surface area contributed by atoms with E-state index in [1.165, 1.54) is 13.8 Å². The van der Waals surface area contributed by atoms with E-state index in [0.717, 1.165) is 0 Å². The van der Waals surface area contributed by atoms with Gasteiger partial charge in [0.15, 0.2) is 12.1 Å². The fourth-order valence-electron chi connectivity index (χ4n) is 3.67. The average molecular weight is 658 g/mol. The van der Waals surface area contributed by atoms with Crippen LogP contribution in [0.4, 0.5) is 0 Å². The molecule has 0 bridgehead atoms. The molecule has 0 heterocycles. The van der Waals surface area contributed by atoms with E-state index in [-0.39, 0.29) is 0 Å². The number of carbonyl (C=O) groups is 5. The molecule has 0 saturated heterocycles. The molecule has 6 atom stereocenters. The second-order valence-electron chi connectivity index (χ2n) is 9.46. The number of hydrogen-bond acceptors (Lipinski definition) is 9. The van der Waals surface area contributed by atoms with E-state index < -0.39 is 66.2 Å². The largest absolute Gasteiger partial charge is 0.480 e. The van der Waals surface area contributed by atoms with Gasteiger partial charge in [0.25, 0.3) is 0 Å². The molecule has 0 aliphatic carbocycles. The van der Waals surface area contributed by atoms with Crippen LogP contribution in [0.2, 0.25) is 0 Å². The third kappa shape index (κ3) is 15.6. The molecule has 3 rings (SSSR count). The van der Waals surface area contributed by atoms with Crippen molar-refractivity contribution in [1.29, 1.82) is 0 Å². The number of nitrogens with two attached hydrogens (primary N) is 1. The molecule has 14 heteroatoms. The highest BCUT2D eigenvalue weighted by Crippen LogP contribution is 2.18. The number of nitrogens with one attached hydrogen (secondary N) is 2. The zero-order valence-corrected chi connectivity index (χ0v) is 26.4. The van der Waals surface area contributed by atoms with Gasteiger partial charge in [0.1, 0.15) is 24.4 Å². The Kier molecular flexibility index (Phi) is 19.9. The van der Waals surface area contributed by atoms with E-state index in [9.17, 15) is 39.3 Å². The van der Waals surface area contributed by atoms with Crippen LogP contribution in [0.1, 0.15) is 62.7 Å². The molecular formula is C33H43N3O11. The van der Waals surface area contributed by atoms with Crippen molar-refractivity contribution in [1.82, 2.24) is 10.6 Å². The first-order chi connectivity index (χ1) is 22.2. The maximum atomic E-state index is 10.9. The van der Waals surface area contributed by atoms with Gasteiger partial charge in [0.05, 0.1) is 0 Å². The number of hydrogen-bond donors (Lipinski definition) is 9. The van der Waals surface area contributed by atoms with Crippen LogP contribution in [-0.2, 0) is 24.0 Å². The first-order valence-corrected chi connectivity index (χ1v) is 14.3. The van der Waals surface area contributed by atoms with E-state index >= 15 is 0 Å². The number of aliphatic hydroxyl groups excluding tert-OH is 3. The molecule has 0 aromatic heterocycles. The van der Waals surface area contributed by atoms with Gasteiger partial charge in [-0.2, -0.15) is 0 Å². The number of carbonyl (C=O) groups excluding carboxylic acids is 2. The number of aliphatic carboxylic acids is 3. The number of aliphatic hydroxyl groups is 3. The molecular weight excluding hydrogens is 614 g/mol. The highest BCUT2D eigenvalue weighted by molar-refractivity contribution is 5.83. The van der Waals surface area contributed by atoms with Gasteiger partial charge in [-0.1, -0.05) is 105 Å². The summed E-state index contributed by atoms with van der Waals surface area (Å²) in [5.74, 6) is -4.75. The summed E-state index contributed by atoms with van der Waals surface area (Å²) in [6.45, 7) is 6.40. The van der Waals surface area contributed by atoms with E-state index in [0.29, 0.717) is 16.7 Å². The van der Waals surface area contributed by atoms with Crippen molar-refractivity contribution in [2.45, 2.75) is 64.1 Å². The monoisotopic (exact) mass is 657 g/mol. The van der Waals surface area contributed by atoms with Crippen LogP contribution < -0.4 is 16.4 Å². The van der Waals surface area contributed by atoms with Crippen LogP contribution in [0, 0.1) is 0 Å². The molecule has 0 fully saturated rings. The van der Waals surface area contributed by atoms with Crippen LogP contribution in [0.3, 0.4) is 0 Å². The minimum absolute atomic E-state index is 0.448. The lowest BCUT2D eigenvalue weighted by molar-refractivity contribution is -0.145.